The van der Waals surface area contributed by atoms with E-state index in [2.05, 4.69) is 4.98 Å². The number of hydrogen-bond donors (Lipinski definition) is 1. The molecule has 0 radical (unpaired) electrons. The van der Waals surface area contributed by atoms with Crippen LogP contribution in [0.5, 0.6) is 5.75 Å². The maximum Gasteiger partial charge on any atom is 0.433 e. The van der Waals surface area contributed by atoms with E-state index in [0.717, 1.165) is 11.8 Å². The number of para-hydroxylation sites is 1. The number of pyridine rings is 1. The second-order valence-electron chi connectivity index (χ2n) is 7.63. The van der Waals surface area contributed by atoms with Crippen molar-refractivity contribution in [1.82, 2.24) is 4.98 Å². The molecule has 6 nitrogen and oxygen atoms in total. The molecule has 0 fully saturated rings. The Hall–Kier alpha value is -3.61. The number of nitriles is 1. The molecule has 1 amide bonds. The molecule has 0 saturated carbocycles. The standard InChI is InChI=1S/C25H21ClF3N3O3/c1-15-5-3-6-21(35-10-4-9-33)23(15)32(2)24(34)16-7-8-20(26)18(11-16)19-14-31-22(25(27,28)29)12-17(19)13-30/h3,5-8,11-12,14,33H,4,9-10H2,1-2H3. The summed E-state index contributed by atoms with van der Waals surface area (Å²) >= 11 is 6.29. The van der Waals surface area contributed by atoms with Gasteiger partial charge in [0.15, 0.2) is 0 Å². The Morgan fingerprint density at radius 2 is 1.97 bits per heavy atom. The summed E-state index contributed by atoms with van der Waals surface area (Å²) in [7, 11) is 1.57. The van der Waals surface area contributed by atoms with Gasteiger partial charge in [-0.15, -0.1) is 0 Å². The van der Waals surface area contributed by atoms with Gasteiger partial charge in [-0.05, 0) is 42.8 Å². The Morgan fingerprint density at radius 3 is 2.63 bits per heavy atom. The molecular formula is C25H21ClF3N3O3. The Kier molecular flexibility index (Phi) is 7.99. The maximum absolute atomic E-state index is 13.4. The number of hydrogen-bond acceptors (Lipinski definition) is 5. The SMILES string of the molecule is Cc1cccc(OCCCO)c1N(C)C(=O)c1ccc(Cl)c(-c2cnc(C(F)(F)F)cc2C#N)c1. The molecule has 0 aliphatic rings. The van der Waals surface area contributed by atoms with Gasteiger partial charge >= 0.3 is 6.18 Å². The first-order valence-electron chi connectivity index (χ1n) is 10.5. The number of rotatable bonds is 7. The van der Waals surface area contributed by atoms with Crippen molar-refractivity contribution in [3.63, 3.8) is 0 Å². The highest BCUT2D eigenvalue weighted by Gasteiger charge is 2.33. The van der Waals surface area contributed by atoms with Crippen LogP contribution >= 0.6 is 11.6 Å². The number of amides is 1. The zero-order valence-electron chi connectivity index (χ0n) is 18.9. The molecular weight excluding hydrogens is 483 g/mol. The maximum atomic E-state index is 13.4. The van der Waals surface area contributed by atoms with Gasteiger partial charge in [0.05, 0.1) is 23.9 Å². The predicted molar refractivity (Wildman–Crippen MR) is 126 cm³/mol. The fourth-order valence-electron chi connectivity index (χ4n) is 3.50. The number of carbonyl (C=O) groups is 1. The summed E-state index contributed by atoms with van der Waals surface area (Å²) < 4.78 is 44.8. The van der Waals surface area contributed by atoms with Crippen molar-refractivity contribution in [3.05, 3.63) is 76.1 Å². The number of aliphatic hydroxyl groups is 1. The third-order valence-electron chi connectivity index (χ3n) is 5.22. The number of alkyl halides is 3. The predicted octanol–water partition coefficient (Wildman–Crippen LogP) is 5.64. The largest absolute Gasteiger partial charge is 0.491 e. The molecule has 2 aromatic carbocycles. The number of nitrogens with zero attached hydrogens (tertiary/aromatic N) is 3. The van der Waals surface area contributed by atoms with Crippen molar-refractivity contribution in [2.24, 2.45) is 0 Å². The molecule has 182 valence electrons. The minimum atomic E-state index is -4.71. The Labute approximate surface area is 205 Å². The Bertz CT molecular complexity index is 1290. The van der Waals surface area contributed by atoms with Crippen molar-refractivity contribution < 1.29 is 27.8 Å². The van der Waals surface area contributed by atoms with E-state index in [4.69, 9.17) is 21.4 Å². The zero-order chi connectivity index (χ0) is 25.8. The van der Waals surface area contributed by atoms with E-state index < -0.39 is 17.8 Å². The molecule has 1 heterocycles. The minimum absolute atomic E-state index is 0.0348. The van der Waals surface area contributed by atoms with Gasteiger partial charge in [0.2, 0.25) is 0 Å². The van der Waals surface area contributed by atoms with Crippen LogP contribution in [0.15, 0.2) is 48.7 Å². The van der Waals surface area contributed by atoms with Gasteiger partial charge < -0.3 is 14.7 Å². The molecule has 3 aromatic rings. The summed E-state index contributed by atoms with van der Waals surface area (Å²) in [5, 5.41) is 18.6. The van der Waals surface area contributed by atoms with Crippen LogP contribution in [0.2, 0.25) is 5.02 Å². The molecule has 0 atom stereocenters. The van der Waals surface area contributed by atoms with Crippen molar-refractivity contribution >= 4 is 23.2 Å². The van der Waals surface area contributed by atoms with Crippen LogP contribution in [0.4, 0.5) is 18.9 Å². The molecule has 0 spiro atoms. The van der Waals surface area contributed by atoms with Gasteiger partial charge in [-0.3, -0.25) is 9.78 Å². The van der Waals surface area contributed by atoms with Crippen LogP contribution in [0, 0.1) is 18.3 Å². The lowest BCUT2D eigenvalue weighted by Crippen LogP contribution is -2.27. The van der Waals surface area contributed by atoms with Crippen LogP contribution in [0.3, 0.4) is 0 Å². The third kappa shape index (κ3) is 5.73. The first kappa shape index (κ1) is 26.0. The molecule has 10 heteroatoms. The second-order valence-corrected chi connectivity index (χ2v) is 8.04. The summed E-state index contributed by atoms with van der Waals surface area (Å²) in [4.78, 5) is 18.2. The van der Waals surface area contributed by atoms with E-state index in [1.807, 2.05) is 13.0 Å². The Morgan fingerprint density at radius 1 is 1.23 bits per heavy atom. The van der Waals surface area contributed by atoms with E-state index >= 15 is 0 Å². The van der Waals surface area contributed by atoms with Crippen molar-refractivity contribution in [1.29, 1.82) is 5.26 Å². The van der Waals surface area contributed by atoms with Crippen LogP contribution in [-0.4, -0.2) is 36.3 Å². The summed E-state index contributed by atoms with van der Waals surface area (Å²) in [6, 6.07) is 12.0. The van der Waals surface area contributed by atoms with E-state index in [9.17, 15) is 23.2 Å². The quantitative estimate of drug-likeness (QED) is 0.422. The molecule has 0 aliphatic heterocycles. The van der Waals surface area contributed by atoms with Gasteiger partial charge in [-0.2, -0.15) is 18.4 Å². The van der Waals surface area contributed by atoms with Gasteiger partial charge in [0.25, 0.3) is 5.91 Å². The minimum Gasteiger partial charge on any atom is -0.491 e. The number of benzene rings is 2. The average molecular weight is 504 g/mol. The van der Waals surface area contributed by atoms with Crippen molar-refractivity contribution in [3.8, 4) is 22.9 Å². The highest BCUT2D eigenvalue weighted by Crippen LogP contribution is 2.36. The fourth-order valence-corrected chi connectivity index (χ4v) is 3.72. The molecule has 0 aliphatic carbocycles. The lowest BCUT2D eigenvalue weighted by molar-refractivity contribution is -0.141. The molecule has 1 N–H and O–H groups in total. The summed E-state index contributed by atoms with van der Waals surface area (Å²) in [6.45, 7) is 2.04. The molecule has 0 saturated heterocycles. The molecule has 0 unspecified atom stereocenters. The highest BCUT2D eigenvalue weighted by atomic mass is 35.5. The first-order valence-corrected chi connectivity index (χ1v) is 10.8. The van der Waals surface area contributed by atoms with Crippen LogP contribution in [0.1, 0.15) is 33.6 Å². The third-order valence-corrected chi connectivity index (χ3v) is 5.55. The van der Waals surface area contributed by atoms with E-state index in [0.29, 0.717) is 23.9 Å². The number of carbonyl (C=O) groups excluding carboxylic acids is 1. The topological polar surface area (TPSA) is 86.5 Å². The zero-order valence-corrected chi connectivity index (χ0v) is 19.6. The van der Waals surface area contributed by atoms with Crippen LogP contribution in [0.25, 0.3) is 11.1 Å². The second kappa shape index (κ2) is 10.8. The Balaban J connectivity index is 2.01. The van der Waals surface area contributed by atoms with Gasteiger partial charge in [-0.1, -0.05) is 23.7 Å². The van der Waals surface area contributed by atoms with Crippen molar-refractivity contribution in [2.45, 2.75) is 19.5 Å². The van der Waals surface area contributed by atoms with E-state index in [1.165, 1.54) is 23.1 Å². The van der Waals surface area contributed by atoms with Crippen molar-refractivity contribution in [2.75, 3.05) is 25.2 Å². The molecule has 1 aromatic heterocycles. The number of halogens is 4. The molecule has 35 heavy (non-hydrogen) atoms. The monoisotopic (exact) mass is 503 g/mol. The fraction of sp³-hybridized carbons (Fsp3) is 0.240. The lowest BCUT2D eigenvalue weighted by Gasteiger charge is -2.23. The van der Waals surface area contributed by atoms with E-state index in [-0.39, 0.29) is 40.5 Å². The normalized spacial score (nSPS) is 11.1. The number of aliphatic hydroxyl groups excluding tert-OH is 1. The van der Waals surface area contributed by atoms with Crippen LogP contribution in [-0.2, 0) is 6.18 Å². The first-order chi connectivity index (χ1) is 16.6. The number of aromatic nitrogens is 1. The number of anilines is 1. The van der Waals surface area contributed by atoms with Gasteiger partial charge in [-0.25, -0.2) is 0 Å². The molecule has 3 rings (SSSR count). The summed E-state index contributed by atoms with van der Waals surface area (Å²) in [5.74, 6) is 0.0322. The number of ether oxygens (including phenoxy) is 1. The smallest absolute Gasteiger partial charge is 0.433 e. The highest BCUT2D eigenvalue weighted by molar-refractivity contribution is 6.33. The van der Waals surface area contributed by atoms with Gasteiger partial charge in [0, 0.05) is 48.0 Å². The number of aryl methyl sites for hydroxylation is 1. The summed E-state index contributed by atoms with van der Waals surface area (Å²) in [5.41, 5.74) is 0.302. The van der Waals surface area contributed by atoms with Gasteiger partial charge in [0.1, 0.15) is 11.4 Å². The van der Waals surface area contributed by atoms with E-state index in [1.54, 1.807) is 25.2 Å². The molecule has 0 bridgehead atoms. The summed E-state index contributed by atoms with van der Waals surface area (Å²) in [6.07, 6.45) is -3.36. The lowest BCUT2D eigenvalue weighted by atomic mass is 9.99. The average Bonchev–Trinajstić information content (AvgIpc) is 2.83. The van der Waals surface area contributed by atoms with Crippen LogP contribution < -0.4 is 9.64 Å².